The van der Waals surface area contributed by atoms with E-state index in [1.165, 1.54) is 18.2 Å². The van der Waals surface area contributed by atoms with Crippen molar-refractivity contribution in [3.8, 4) is 6.07 Å². The third-order valence-corrected chi connectivity index (χ3v) is 5.48. The fourth-order valence-corrected chi connectivity index (χ4v) is 3.91. The van der Waals surface area contributed by atoms with Gasteiger partial charge in [0, 0.05) is 9.75 Å². The second kappa shape index (κ2) is 5.61. The van der Waals surface area contributed by atoms with Gasteiger partial charge in [-0.25, -0.2) is 8.42 Å². The van der Waals surface area contributed by atoms with Gasteiger partial charge in [0.15, 0.2) is 0 Å². The van der Waals surface area contributed by atoms with Gasteiger partial charge in [-0.2, -0.15) is 5.26 Å². The summed E-state index contributed by atoms with van der Waals surface area (Å²) in [6.45, 7) is 3.86. The molecule has 2 rings (SSSR count). The van der Waals surface area contributed by atoms with Gasteiger partial charge in [-0.1, -0.05) is 18.2 Å². The van der Waals surface area contributed by atoms with Crippen molar-refractivity contribution in [2.45, 2.75) is 18.7 Å². The first-order valence-electron chi connectivity index (χ1n) is 5.94. The van der Waals surface area contributed by atoms with Gasteiger partial charge in [-0.3, -0.25) is 0 Å². The van der Waals surface area contributed by atoms with Crippen molar-refractivity contribution < 1.29 is 8.42 Å². The Morgan fingerprint density at radius 3 is 2.40 bits per heavy atom. The Hall–Kier alpha value is -1.90. The smallest absolute Gasteiger partial charge is 0.216 e. The van der Waals surface area contributed by atoms with Gasteiger partial charge < -0.3 is 0 Å². The molecule has 2 aromatic rings. The molecule has 0 aliphatic carbocycles. The molecule has 0 atom stereocenters. The van der Waals surface area contributed by atoms with E-state index in [0.29, 0.717) is 0 Å². The highest BCUT2D eigenvalue weighted by Gasteiger charge is 2.20. The lowest BCUT2D eigenvalue weighted by atomic mass is 10.2. The minimum Gasteiger partial charge on any atom is -0.218 e. The largest absolute Gasteiger partial charge is 0.218 e. The molecule has 0 fully saturated rings. The van der Waals surface area contributed by atoms with Crippen LogP contribution in [0.1, 0.15) is 15.3 Å². The molecule has 0 aliphatic heterocycles. The van der Waals surface area contributed by atoms with E-state index in [9.17, 15) is 13.7 Å². The molecule has 0 saturated carbocycles. The molecule has 0 radical (unpaired) electrons. The van der Waals surface area contributed by atoms with Gasteiger partial charge in [0.1, 0.15) is 11.0 Å². The van der Waals surface area contributed by atoms with Crippen molar-refractivity contribution in [2.75, 3.05) is 0 Å². The minimum atomic E-state index is -3.75. The van der Waals surface area contributed by atoms with Gasteiger partial charge in [0.05, 0.1) is 4.90 Å². The van der Waals surface area contributed by atoms with Crippen LogP contribution >= 0.6 is 11.3 Å². The van der Waals surface area contributed by atoms with Gasteiger partial charge in [-0.15, -0.1) is 11.3 Å². The Morgan fingerprint density at radius 2 is 1.90 bits per heavy atom. The van der Waals surface area contributed by atoms with E-state index >= 15 is 0 Å². The van der Waals surface area contributed by atoms with Gasteiger partial charge >= 0.3 is 0 Å². The van der Waals surface area contributed by atoms with Crippen molar-refractivity contribution >= 4 is 27.3 Å². The summed E-state index contributed by atoms with van der Waals surface area (Å²) in [5, 5.41) is 9.19. The van der Waals surface area contributed by atoms with Crippen molar-refractivity contribution in [1.82, 2.24) is 0 Å². The van der Waals surface area contributed by atoms with E-state index in [4.69, 9.17) is 0 Å². The molecule has 0 N–H and O–H groups in total. The first-order valence-corrected chi connectivity index (χ1v) is 8.24. The van der Waals surface area contributed by atoms with Crippen LogP contribution < -0.4 is 0 Å². The van der Waals surface area contributed by atoms with Crippen molar-refractivity contribution in [1.29, 1.82) is 5.26 Å². The Bertz CT molecular complexity index is 794. The molecule has 0 saturated heterocycles. The summed E-state index contributed by atoms with van der Waals surface area (Å²) < 4.78 is 24.8. The summed E-state index contributed by atoms with van der Waals surface area (Å²) in [5.41, 5.74) is 0.781. The van der Waals surface area contributed by atoms with Crippen LogP contribution in [0.25, 0.3) is 6.08 Å². The van der Waals surface area contributed by atoms with Crippen LogP contribution in [0.3, 0.4) is 0 Å². The maximum atomic E-state index is 12.4. The maximum Gasteiger partial charge on any atom is 0.216 e. The monoisotopic (exact) mass is 303 g/mol. The van der Waals surface area contributed by atoms with Gasteiger partial charge in [0.2, 0.25) is 9.84 Å². The number of benzene rings is 1. The molecular weight excluding hydrogens is 290 g/mol. The van der Waals surface area contributed by atoms with Crippen LogP contribution in [0, 0.1) is 25.2 Å². The number of nitriles is 1. The number of allylic oxidation sites excluding steroid dienone is 1. The molecule has 0 amide bonds. The molecule has 1 heterocycles. The molecule has 3 nitrogen and oxygen atoms in total. The first-order chi connectivity index (χ1) is 9.45. The summed E-state index contributed by atoms with van der Waals surface area (Å²) >= 11 is 1.58. The van der Waals surface area contributed by atoms with Crippen LogP contribution in [-0.2, 0) is 9.84 Å². The predicted octanol–water partition coefficient (Wildman–Crippen LogP) is 3.70. The van der Waals surface area contributed by atoms with Crippen LogP contribution in [-0.4, -0.2) is 8.42 Å². The fourth-order valence-electron chi connectivity index (χ4n) is 1.83. The molecular formula is C15H13NO2S2. The molecule has 1 aromatic carbocycles. The zero-order chi connectivity index (χ0) is 14.8. The van der Waals surface area contributed by atoms with Crippen LogP contribution in [0.2, 0.25) is 0 Å². The average molecular weight is 303 g/mol. The zero-order valence-corrected chi connectivity index (χ0v) is 12.8. The molecule has 20 heavy (non-hydrogen) atoms. The fraction of sp³-hybridized carbons (Fsp3) is 0.133. The SMILES string of the molecule is Cc1cc(/C=C(\C#N)S(=O)(=O)c2ccccc2)c(C)s1. The Morgan fingerprint density at radius 1 is 1.25 bits per heavy atom. The van der Waals surface area contributed by atoms with Crippen molar-refractivity contribution in [3.63, 3.8) is 0 Å². The minimum absolute atomic E-state index is 0.136. The second-order valence-corrected chi connectivity index (χ2v) is 7.68. The number of aryl methyl sites for hydroxylation is 2. The molecule has 0 bridgehead atoms. The maximum absolute atomic E-state index is 12.4. The number of hydrogen-bond acceptors (Lipinski definition) is 4. The van der Waals surface area contributed by atoms with Gasteiger partial charge in [0.25, 0.3) is 0 Å². The number of nitrogens with zero attached hydrogens (tertiary/aromatic N) is 1. The summed E-state index contributed by atoms with van der Waals surface area (Å²) in [6, 6.07) is 11.7. The standard InChI is InChI=1S/C15H13NO2S2/c1-11-8-13(12(2)19-11)9-15(10-16)20(17,18)14-6-4-3-5-7-14/h3-9H,1-2H3/b15-9+. The topological polar surface area (TPSA) is 57.9 Å². The predicted molar refractivity (Wildman–Crippen MR) is 81.0 cm³/mol. The highest BCUT2D eigenvalue weighted by atomic mass is 32.2. The van der Waals surface area contributed by atoms with E-state index in [1.54, 1.807) is 35.6 Å². The lowest BCUT2D eigenvalue weighted by Gasteiger charge is -2.02. The summed E-state index contributed by atoms with van der Waals surface area (Å²) in [6.07, 6.45) is 1.45. The van der Waals surface area contributed by atoms with E-state index < -0.39 is 9.84 Å². The molecule has 0 aliphatic rings. The zero-order valence-electron chi connectivity index (χ0n) is 11.1. The normalized spacial score (nSPS) is 12.2. The summed E-state index contributed by atoms with van der Waals surface area (Å²) in [4.78, 5) is 1.99. The average Bonchev–Trinajstić information content (AvgIpc) is 2.75. The third-order valence-electron chi connectivity index (χ3n) is 2.82. The van der Waals surface area contributed by atoms with E-state index in [-0.39, 0.29) is 9.80 Å². The highest BCUT2D eigenvalue weighted by Crippen LogP contribution is 2.26. The van der Waals surface area contributed by atoms with Crippen LogP contribution in [0.5, 0.6) is 0 Å². The van der Waals surface area contributed by atoms with Crippen LogP contribution in [0.4, 0.5) is 0 Å². The Labute approximate surface area is 122 Å². The molecule has 102 valence electrons. The van der Waals surface area contributed by atoms with E-state index in [0.717, 1.165) is 15.3 Å². The third kappa shape index (κ3) is 2.82. The summed E-state index contributed by atoms with van der Waals surface area (Å²) in [7, 11) is -3.75. The number of sulfone groups is 1. The second-order valence-electron chi connectivity index (χ2n) is 4.31. The quantitative estimate of drug-likeness (QED) is 0.812. The van der Waals surface area contributed by atoms with Gasteiger partial charge in [-0.05, 0) is 43.7 Å². The first kappa shape index (κ1) is 14.5. The molecule has 1 aromatic heterocycles. The summed E-state index contributed by atoms with van der Waals surface area (Å²) in [5.74, 6) is 0. The molecule has 5 heteroatoms. The lowest BCUT2D eigenvalue weighted by Crippen LogP contribution is -2.03. The molecule has 0 spiro atoms. The van der Waals surface area contributed by atoms with E-state index in [1.807, 2.05) is 19.9 Å². The Balaban J connectivity index is 2.54. The Kier molecular flexibility index (Phi) is 4.07. The van der Waals surface area contributed by atoms with Crippen molar-refractivity contribution in [2.24, 2.45) is 0 Å². The number of hydrogen-bond donors (Lipinski definition) is 0. The number of thiophene rings is 1. The lowest BCUT2D eigenvalue weighted by molar-refractivity contribution is 0.603. The highest BCUT2D eigenvalue weighted by molar-refractivity contribution is 7.95. The number of rotatable bonds is 3. The van der Waals surface area contributed by atoms with E-state index in [2.05, 4.69) is 0 Å². The van der Waals surface area contributed by atoms with Crippen molar-refractivity contribution in [3.05, 3.63) is 56.6 Å². The molecule has 0 unspecified atom stereocenters. The van der Waals surface area contributed by atoms with Crippen LogP contribution in [0.15, 0.2) is 46.2 Å².